The molecule has 0 aliphatic heterocycles. The highest BCUT2D eigenvalue weighted by Crippen LogP contribution is 2.34. The number of benzene rings is 3. The minimum absolute atomic E-state index is 0.216. The van der Waals surface area contributed by atoms with Gasteiger partial charge >= 0.3 is 0 Å². The maximum atomic E-state index is 9.16. The van der Waals surface area contributed by atoms with Gasteiger partial charge in [-0.05, 0) is 31.0 Å². The number of anilines is 1. The number of aliphatic hydroxyl groups is 1. The molecule has 0 bridgehead atoms. The fourth-order valence-corrected chi connectivity index (χ4v) is 3.90. The zero-order valence-electron chi connectivity index (χ0n) is 16.4. The summed E-state index contributed by atoms with van der Waals surface area (Å²) in [4.78, 5) is 7.26. The molecule has 1 heterocycles. The molecule has 4 heteroatoms. The number of nitrogens with one attached hydrogen (secondary N) is 1. The molecule has 144 valence electrons. The Morgan fingerprint density at radius 3 is 2.50 bits per heavy atom. The second-order valence-corrected chi connectivity index (χ2v) is 7.13. The van der Waals surface area contributed by atoms with E-state index in [9.17, 15) is 0 Å². The van der Waals surface area contributed by atoms with E-state index >= 15 is 0 Å². The summed E-state index contributed by atoms with van der Waals surface area (Å²) >= 11 is 0. The zero-order chi connectivity index (χ0) is 19.3. The lowest BCUT2D eigenvalue weighted by Gasteiger charge is -2.20. The SMILES string of the molecule is CCN(CCO)CCCNc1c2ccccc2nc2c1ccc1ccccc12. The first-order valence-corrected chi connectivity index (χ1v) is 10.1. The van der Waals surface area contributed by atoms with Crippen LogP contribution in [0.4, 0.5) is 5.69 Å². The van der Waals surface area contributed by atoms with Crippen LogP contribution in [0, 0.1) is 0 Å². The molecule has 2 N–H and O–H groups in total. The molecule has 0 fully saturated rings. The highest BCUT2D eigenvalue weighted by Gasteiger charge is 2.11. The molecule has 0 saturated carbocycles. The van der Waals surface area contributed by atoms with Gasteiger partial charge in [0.2, 0.25) is 0 Å². The number of hydrogen-bond acceptors (Lipinski definition) is 4. The molecule has 3 aromatic carbocycles. The van der Waals surface area contributed by atoms with E-state index in [2.05, 4.69) is 71.7 Å². The Kier molecular flexibility index (Phi) is 5.70. The smallest absolute Gasteiger partial charge is 0.0808 e. The summed E-state index contributed by atoms with van der Waals surface area (Å²) in [6.45, 7) is 5.93. The number of hydrogen-bond donors (Lipinski definition) is 2. The van der Waals surface area contributed by atoms with Gasteiger partial charge in [0.15, 0.2) is 0 Å². The third-order valence-electron chi connectivity index (χ3n) is 5.39. The van der Waals surface area contributed by atoms with E-state index in [-0.39, 0.29) is 6.61 Å². The molecule has 0 aliphatic carbocycles. The first-order valence-electron chi connectivity index (χ1n) is 10.1. The van der Waals surface area contributed by atoms with Crippen LogP contribution in [0.2, 0.25) is 0 Å². The van der Waals surface area contributed by atoms with Crippen molar-refractivity contribution >= 4 is 38.3 Å². The van der Waals surface area contributed by atoms with Crippen LogP contribution >= 0.6 is 0 Å². The highest BCUT2D eigenvalue weighted by atomic mass is 16.3. The number of fused-ring (bicyclic) bond motifs is 4. The fraction of sp³-hybridized carbons (Fsp3) is 0.292. The number of aliphatic hydroxyl groups excluding tert-OH is 1. The van der Waals surface area contributed by atoms with E-state index in [1.165, 1.54) is 16.2 Å². The second-order valence-electron chi connectivity index (χ2n) is 7.13. The molecule has 4 aromatic rings. The summed E-state index contributed by atoms with van der Waals surface area (Å²) < 4.78 is 0. The summed E-state index contributed by atoms with van der Waals surface area (Å²) in [6, 6.07) is 21.1. The third-order valence-corrected chi connectivity index (χ3v) is 5.39. The third kappa shape index (κ3) is 3.66. The van der Waals surface area contributed by atoms with Crippen molar-refractivity contribution in [3.63, 3.8) is 0 Å². The zero-order valence-corrected chi connectivity index (χ0v) is 16.4. The average molecular weight is 374 g/mol. The molecule has 0 atom stereocenters. The van der Waals surface area contributed by atoms with Crippen LogP contribution in [0.1, 0.15) is 13.3 Å². The Bertz CT molecular complexity index is 1090. The van der Waals surface area contributed by atoms with Crippen LogP contribution in [0.15, 0.2) is 60.7 Å². The molecule has 0 amide bonds. The molecule has 4 nitrogen and oxygen atoms in total. The minimum Gasteiger partial charge on any atom is -0.395 e. The quantitative estimate of drug-likeness (QED) is 0.268. The van der Waals surface area contributed by atoms with Crippen molar-refractivity contribution in [1.82, 2.24) is 9.88 Å². The number of rotatable bonds is 8. The summed E-state index contributed by atoms with van der Waals surface area (Å²) in [7, 11) is 0. The lowest BCUT2D eigenvalue weighted by atomic mass is 10.0. The summed E-state index contributed by atoms with van der Waals surface area (Å²) in [5, 5.41) is 17.6. The summed E-state index contributed by atoms with van der Waals surface area (Å²) in [5.41, 5.74) is 3.23. The molecular weight excluding hydrogens is 346 g/mol. The van der Waals surface area contributed by atoms with Gasteiger partial charge in [-0.25, -0.2) is 4.98 Å². The Balaban J connectivity index is 1.70. The fourth-order valence-electron chi connectivity index (χ4n) is 3.90. The first kappa shape index (κ1) is 18.7. The van der Waals surface area contributed by atoms with E-state index in [1.807, 2.05) is 6.07 Å². The Morgan fingerprint density at radius 1 is 0.893 bits per heavy atom. The monoisotopic (exact) mass is 373 g/mol. The van der Waals surface area contributed by atoms with Crippen molar-refractivity contribution in [1.29, 1.82) is 0 Å². The number of aromatic nitrogens is 1. The molecule has 0 aliphatic rings. The van der Waals surface area contributed by atoms with E-state index in [0.717, 1.165) is 54.7 Å². The summed E-state index contributed by atoms with van der Waals surface area (Å²) in [5.74, 6) is 0. The van der Waals surface area contributed by atoms with Crippen molar-refractivity contribution in [2.24, 2.45) is 0 Å². The Morgan fingerprint density at radius 2 is 1.68 bits per heavy atom. The predicted molar refractivity (Wildman–Crippen MR) is 119 cm³/mol. The van der Waals surface area contributed by atoms with Crippen molar-refractivity contribution in [2.45, 2.75) is 13.3 Å². The van der Waals surface area contributed by atoms with Gasteiger partial charge in [-0.3, -0.25) is 0 Å². The van der Waals surface area contributed by atoms with Crippen LogP contribution in [0.25, 0.3) is 32.6 Å². The number of nitrogens with zero attached hydrogens (tertiary/aromatic N) is 2. The molecule has 0 unspecified atom stereocenters. The van der Waals surface area contributed by atoms with E-state index < -0.39 is 0 Å². The van der Waals surface area contributed by atoms with Crippen LogP contribution < -0.4 is 5.32 Å². The van der Waals surface area contributed by atoms with Crippen molar-refractivity contribution in [3.05, 3.63) is 60.7 Å². The molecule has 28 heavy (non-hydrogen) atoms. The average Bonchev–Trinajstić information content (AvgIpc) is 2.75. The van der Waals surface area contributed by atoms with Crippen molar-refractivity contribution < 1.29 is 5.11 Å². The lowest BCUT2D eigenvalue weighted by molar-refractivity contribution is 0.202. The maximum absolute atomic E-state index is 9.16. The van der Waals surface area contributed by atoms with Gasteiger partial charge in [0, 0.05) is 29.2 Å². The molecule has 4 rings (SSSR count). The number of pyridine rings is 1. The normalized spacial score (nSPS) is 11.7. The van der Waals surface area contributed by atoms with Gasteiger partial charge in [-0.2, -0.15) is 0 Å². The molecule has 0 spiro atoms. The van der Waals surface area contributed by atoms with Crippen LogP contribution in [-0.4, -0.2) is 47.8 Å². The molecule has 0 saturated heterocycles. The standard InChI is InChI=1S/C24H27N3O/c1-2-27(16-17-28)15-7-14-25-23-20-10-5-6-11-22(20)26-24-19-9-4-3-8-18(19)12-13-21(23)24/h3-6,8-13,28H,2,7,14-17H2,1H3,(H,25,26). The van der Waals surface area contributed by atoms with E-state index in [0.29, 0.717) is 0 Å². The first-order chi connectivity index (χ1) is 13.8. The largest absolute Gasteiger partial charge is 0.395 e. The van der Waals surface area contributed by atoms with Gasteiger partial charge in [0.1, 0.15) is 0 Å². The predicted octanol–water partition coefficient (Wildman–Crippen LogP) is 4.66. The number of para-hydroxylation sites is 1. The molecule has 0 radical (unpaired) electrons. The van der Waals surface area contributed by atoms with Crippen LogP contribution in [0.5, 0.6) is 0 Å². The number of likely N-dealkylation sites (N-methyl/N-ethyl adjacent to an activating group) is 1. The Labute approximate surface area is 165 Å². The van der Waals surface area contributed by atoms with Gasteiger partial charge in [-0.1, -0.05) is 61.5 Å². The van der Waals surface area contributed by atoms with E-state index in [4.69, 9.17) is 10.1 Å². The van der Waals surface area contributed by atoms with E-state index in [1.54, 1.807) is 0 Å². The second kappa shape index (κ2) is 8.55. The van der Waals surface area contributed by atoms with Crippen molar-refractivity contribution in [2.75, 3.05) is 38.1 Å². The van der Waals surface area contributed by atoms with Gasteiger partial charge in [-0.15, -0.1) is 0 Å². The van der Waals surface area contributed by atoms with Crippen LogP contribution in [0.3, 0.4) is 0 Å². The minimum atomic E-state index is 0.216. The Hall–Kier alpha value is -2.69. The molecular formula is C24H27N3O. The van der Waals surface area contributed by atoms with Crippen molar-refractivity contribution in [3.8, 4) is 0 Å². The lowest BCUT2D eigenvalue weighted by Crippen LogP contribution is -2.28. The summed E-state index contributed by atoms with van der Waals surface area (Å²) in [6.07, 6.45) is 1.03. The van der Waals surface area contributed by atoms with Gasteiger partial charge < -0.3 is 15.3 Å². The topological polar surface area (TPSA) is 48.4 Å². The van der Waals surface area contributed by atoms with Gasteiger partial charge in [0.05, 0.1) is 23.3 Å². The maximum Gasteiger partial charge on any atom is 0.0808 e. The molecule has 1 aromatic heterocycles. The van der Waals surface area contributed by atoms with Crippen LogP contribution in [-0.2, 0) is 0 Å². The van der Waals surface area contributed by atoms with Gasteiger partial charge in [0.25, 0.3) is 0 Å². The highest BCUT2D eigenvalue weighted by molar-refractivity contribution is 6.15.